The molecule has 1 aliphatic heterocycles. The first-order valence-corrected chi connectivity index (χ1v) is 5.94. The van der Waals surface area contributed by atoms with Crippen LogP contribution < -0.4 is 0 Å². The van der Waals surface area contributed by atoms with Crippen LogP contribution in [0.1, 0.15) is 19.4 Å². The van der Waals surface area contributed by atoms with Gasteiger partial charge in [0, 0.05) is 32.0 Å². The molecule has 0 aromatic carbocycles. The maximum atomic E-state index is 10.1. The summed E-state index contributed by atoms with van der Waals surface area (Å²) in [6.45, 7) is 6.80. The summed E-state index contributed by atoms with van der Waals surface area (Å²) in [4.78, 5) is 6.39. The minimum absolute atomic E-state index is 0.349. The minimum Gasteiger partial charge on any atom is -0.387 e. The third kappa shape index (κ3) is 2.42. The van der Waals surface area contributed by atoms with Crippen LogP contribution in [0, 0.1) is 5.92 Å². The summed E-state index contributed by atoms with van der Waals surface area (Å²) < 4.78 is 0. The number of aliphatic hydroxyl groups is 1. The van der Waals surface area contributed by atoms with Crippen LogP contribution >= 0.6 is 0 Å². The quantitative estimate of drug-likeness (QED) is 0.831. The summed E-state index contributed by atoms with van der Waals surface area (Å²) in [5, 5.41) is 10.1. The molecule has 3 nitrogen and oxygen atoms in total. The molecule has 1 aromatic rings. The molecule has 16 heavy (non-hydrogen) atoms. The zero-order chi connectivity index (χ0) is 11.6. The summed E-state index contributed by atoms with van der Waals surface area (Å²) in [5.74, 6) is 0.349. The van der Waals surface area contributed by atoms with Crippen LogP contribution in [-0.2, 0) is 6.42 Å². The lowest BCUT2D eigenvalue weighted by Crippen LogP contribution is -2.64. The molecule has 0 atom stereocenters. The van der Waals surface area contributed by atoms with Crippen molar-refractivity contribution in [1.82, 2.24) is 9.88 Å². The second-order valence-electron chi connectivity index (χ2n) is 5.08. The van der Waals surface area contributed by atoms with Crippen LogP contribution in [0.4, 0.5) is 0 Å². The topological polar surface area (TPSA) is 36.4 Å². The fraction of sp³-hybridized carbons (Fsp3) is 0.615. The Morgan fingerprint density at radius 2 is 2.25 bits per heavy atom. The first kappa shape index (κ1) is 11.6. The van der Waals surface area contributed by atoms with Gasteiger partial charge in [-0.1, -0.05) is 19.9 Å². The maximum absolute atomic E-state index is 10.1. The smallest absolute Gasteiger partial charge is 0.0922 e. The molecule has 0 amide bonds. The van der Waals surface area contributed by atoms with Crippen LogP contribution in [-0.4, -0.2) is 40.2 Å². The molecule has 1 fully saturated rings. The Morgan fingerprint density at radius 3 is 2.81 bits per heavy atom. The van der Waals surface area contributed by atoms with Gasteiger partial charge in [0.05, 0.1) is 5.60 Å². The fourth-order valence-electron chi connectivity index (χ4n) is 2.08. The van der Waals surface area contributed by atoms with Crippen molar-refractivity contribution < 1.29 is 5.11 Å². The average molecular weight is 220 g/mol. The lowest BCUT2D eigenvalue weighted by Gasteiger charge is -2.49. The zero-order valence-corrected chi connectivity index (χ0v) is 10.1. The van der Waals surface area contributed by atoms with E-state index in [0.717, 1.165) is 26.1 Å². The predicted octanol–water partition coefficient (Wildman–Crippen LogP) is 1.33. The van der Waals surface area contributed by atoms with E-state index in [-0.39, 0.29) is 0 Å². The maximum Gasteiger partial charge on any atom is 0.0922 e. The van der Waals surface area contributed by atoms with E-state index >= 15 is 0 Å². The van der Waals surface area contributed by atoms with E-state index in [9.17, 15) is 5.11 Å². The second-order valence-corrected chi connectivity index (χ2v) is 5.08. The number of pyridine rings is 1. The van der Waals surface area contributed by atoms with E-state index < -0.39 is 5.60 Å². The van der Waals surface area contributed by atoms with E-state index in [0.29, 0.717) is 5.92 Å². The van der Waals surface area contributed by atoms with Gasteiger partial charge in [0.1, 0.15) is 0 Å². The monoisotopic (exact) mass is 220 g/mol. The summed E-state index contributed by atoms with van der Waals surface area (Å²) in [6.07, 6.45) is 4.72. The van der Waals surface area contributed by atoms with E-state index in [1.54, 1.807) is 6.20 Å². The highest BCUT2D eigenvalue weighted by molar-refractivity contribution is 5.09. The Labute approximate surface area is 97.1 Å². The van der Waals surface area contributed by atoms with Crippen molar-refractivity contribution in [3.05, 3.63) is 30.1 Å². The molecular weight excluding hydrogens is 200 g/mol. The van der Waals surface area contributed by atoms with Gasteiger partial charge in [-0.25, -0.2) is 0 Å². The van der Waals surface area contributed by atoms with E-state index in [4.69, 9.17) is 0 Å². The predicted molar refractivity (Wildman–Crippen MR) is 64.2 cm³/mol. The largest absolute Gasteiger partial charge is 0.387 e. The highest BCUT2D eigenvalue weighted by atomic mass is 16.3. The van der Waals surface area contributed by atoms with Gasteiger partial charge in [-0.3, -0.25) is 9.88 Å². The van der Waals surface area contributed by atoms with Crippen LogP contribution in [0.2, 0.25) is 0 Å². The van der Waals surface area contributed by atoms with E-state index in [2.05, 4.69) is 29.8 Å². The molecule has 0 saturated carbocycles. The van der Waals surface area contributed by atoms with Gasteiger partial charge in [0.2, 0.25) is 0 Å². The van der Waals surface area contributed by atoms with Gasteiger partial charge >= 0.3 is 0 Å². The number of hydrogen-bond donors (Lipinski definition) is 1. The second kappa shape index (κ2) is 4.52. The number of nitrogens with zero attached hydrogens (tertiary/aromatic N) is 2. The van der Waals surface area contributed by atoms with Crippen LogP contribution in [0.15, 0.2) is 24.5 Å². The molecule has 3 heteroatoms. The highest BCUT2D eigenvalue weighted by Crippen LogP contribution is 2.28. The van der Waals surface area contributed by atoms with E-state index in [1.165, 1.54) is 5.56 Å². The van der Waals surface area contributed by atoms with Crippen LogP contribution in [0.5, 0.6) is 0 Å². The van der Waals surface area contributed by atoms with Crippen molar-refractivity contribution in [3.8, 4) is 0 Å². The SMILES string of the molecule is CC(C)C1(O)CN(CCc2cccnc2)C1. The van der Waals surface area contributed by atoms with Gasteiger partial charge in [0.25, 0.3) is 0 Å². The summed E-state index contributed by atoms with van der Waals surface area (Å²) >= 11 is 0. The molecule has 0 aliphatic carbocycles. The standard InChI is InChI=1S/C13H20N2O/c1-11(2)13(16)9-15(10-13)7-5-12-4-3-6-14-8-12/h3-4,6,8,11,16H,5,7,9-10H2,1-2H3. The van der Waals surface area contributed by atoms with Gasteiger partial charge in [-0.2, -0.15) is 0 Å². The fourth-order valence-corrected chi connectivity index (χ4v) is 2.08. The lowest BCUT2D eigenvalue weighted by molar-refractivity contribution is -0.126. The Balaban J connectivity index is 1.75. The highest BCUT2D eigenvalue weighted by Gasteiger charge is 2.42. The Morgan fingerprint density at radius 1 is 1.50 bits per heavy atom. The Kier molecular flexibility index (Phi) is 3.26. The van der Waals surface area contributed by atoms with Gasteiger partial charge in [-0.05, 0) is 24.0 Å². The molecule has 0 bridgehead atoms. The number of aromatic nitrogens is 1. The Bertz CT molecular complexity index is 331. The molecule has 2 rings (SSSR count). The molecule has 0 unspecified atom stereocenters. The van der Waals surface area contributed by atoms with Crippen molar-refractivity contribution in [2.24, 2.45) is 5.92 Å². The summed E-state index contributed by atoms with van der Waals surface area (Å²) in [5.41, 5.74) is 0.817. The molecular formula is C13H20N2O. The van der Waals surface area contributed by atoms with Crippen LogP contribution in [0.3, 0.4) is 0 Å². The molecule has 1 aliphatic rings. The molecule has 0 spiro atoms. The average Bonchev–Trinajstić information content (AvgIpc) is 2.24. The van der Waals surface area contributed by atoms with Crippen molar-refractivity contribution in [2.75, 3.05) is 19.6 Å². The van der Waals surface area contributed by atoms with Gasteiger partial charge < -0.3 is 5.11 Å². The third-order valence-electron chi connectivity index (χ3n) is 3.51. The van der Waals surface area contributed by atoms with Crippen molar-refractivity contribution in [3.63, 3.8) is 0 Å². The summed E-state index contributed by atoms with van der Waals surface area (Å²) in [6, 6.07) is 4.07. The van der Waals surface area contributed by atoms with Crippen molar-refractivity contribution >= 4 is 0 Å². The molecule has 1 N–H and O–H groups in total. The molecule has 88 valence electrons. The third-order valence-corrected chi connectivity index (χ3v) is 3.51. The first-order valence-electron chi connectivity index (χ1n) is 5.94. The van der Waals surface area contributed by atoms with Gasteiger partial charge in [-0.15, -0.1) is 0 Å². The van der Waals surface area contributed by atoms with Crippen molar-refractivity contribution in [2.45, 2.75) is 25.9 Å². The minimum atomic E-state index is -0.449. The molecule has 0 radical (unpaired) electrons. The molecule has 2 heterocycles. The number of β-amino-alcohol motifs (C(OH)–C–C–N with tert-alkyl or cyclic N) is 1. The lowest BCUT2D eigenvalue weighted by atomic mass is 9.83. The Hall–Kier alpha value is -0.930. The zero-order valence-electron chi connectivity index (χ0n) is 10.1. The normalized spacial score (nSPS) is 19.8. The van der Waals surface area contributed by atoms with Crippen molar-refractivity contribution in [1.29, 1.82) is 0 Å². The number of hydrogen-bond acceptors (Lipinski definition) is 3. The molecule has 1 aromatic heterocycles. The number of likely N-dealkylation sites (tertiary alicyclic amines) is 1. The first-order chi connectivity index (χ1) is 7.60. The number of rotatable bonds is 4. The van der Waals surface area contributed by atoms with Gasteiger partial charge in [0.15, 0.2) is 0 Å². The molecule has 1 saturated heterocycles. The summed E-state index contributed by atoms with van der Waals surface area (Å²) in [7, 11) is 0. The van der Waals surface area contributed by atoms with Crippen LogP contribution in [0.25, 0.3) is 0 Å². The van der Waals surface area contributed by atoms with E-state index in [1.807, 2.05) is 12.3 Å².